The molecule has 2 rings (SSSR count). The van der Waals surface area contributed by atoms with Crippen LogP contribution in [0.15, 0.2) is 5.38 Å². The third-order valence-corrected chi connectivity index (χ3v) is 3.43. The molecule has 1 aliphatic rings. The maximum absolute atomic E-state index is 5.61. The number of aryl methyl sites for hydroxylation is 1. The SMILES string of the molecule is CCc1csc(N(CCN)C2CC2)n1. The van der Waals surface area contributed by atoms with E-state index in [0.717, 1.165) is 30.7 Å². The quantitative estimate of drug-likeness (QED) is 0.805. The average molecular weight is 211 g/mol. The van der Waals surface area contributed by atoms with Crippen LogP contribution in [0.2, 0.25) is 0 Å². The van der Waals surface area contributed by atoms with Gasteiger partial charge in [-0.05, 0) is 19.3 Å². The Balaban J connectivity index is 2.08. The monoisotopic (exact) mass is 211 g/mol. The van der Waals surface area contributed by atoms with Crippen molar-refractivity contribution in [3.63, 3.8) is 0 Å². The van der Waals surface area contributed by atoms with Gasteiger partial charge in [0.15, 0.2) is 5.13 Å². The lowest BCUT2D eigenvalue weighted by Gasteiger charge is -2.20. The van der Waals surface area contributed by atoms with E-state index < -0.39 is 0 Å². The largest absolute Gasteiger partial charge is 0.344 e. The molecule has 78 valence electrons. The van der Waals surface area contributed by atoms with E-state index in [-0.39, 0.29) is 0 Å². The lowest BCUT2D eigenvalue weighted by molar-refractivity contribution is 0.778. The van der Waals surface area contributed by atoms with Gasteiger partial charge in [-0.15, -0.1) is 11.3 Å². The van der Waals surface area contributed by atoms with Crippen molar-refractivity contribution in [2.75, 3.05) is 18.0 Å². The molecule has 0 aliphatic heterocycles. The predicted molar refractivity (Wildman–Crippen MR) is 60.9 cm³/mol. The van der Waals surface area contributed by atoms with Crippen molar-refractivity contribution in [3.05, 3.63) is 11.1 Å². The summed E-state index contributed by atoms with van der Waals surface area (Å²) in [6.45, 7) is 3.81. The zero-order valence-electron chi connectivity index (χ0n) is 8.57. The van der Waals surface area contributed by atoms with Crippen LogP contribution >= 0.6 is 11.3 Å². The summed E-state index contributed by atoms with van der Waals surface area (Å²) in [5, 5.41) is 3.32. The molecule has 0 radical (unpaired) electrons. The molecule has 0 aromatic carbocycles. The van der Waals surface area contributed by atoms with Gasteiger partial charge in [0.1, 0.15) is 0 Å². The summed E-state index contributed by atoms with van der Waals surface area (Å²) < 4.78 is 0. The van der Waals surface area contributed by atoms with Crippen LogP contribution in [0.4, 0.5) is 5.13 Å². The van der Waals surface area contributed by atoms with Crippen LogP contribution < -0.4 is 10.6 Å². The first kappa shape index (κ1) is 9.93. The summed E-state index contributed by atoms with van der Waals surface area (Å²) in [4.78, 5) is 6.96. The molecule has 1 fully saturated rings. The molecule has 0 atom stereocenters. The molecule has 1 aliphatic carbocycles. The van der Waals surface area contributed by atoms with E-state index in [1.807, 2.05) is 0 Å². The molecule has 2 N–H and O–H groups in total. The topological polar surface area (TPSA) is 42.1 Å². The minimum absolute atomic E-state index is 0.717. The van der Waals surface area contributed by atoms with Crippen LogP contribution in [0.1, 0.15) is 25.5 Å². The number of aromatic nitrogens is 1. The number of anilines is 1. The van der Waals surface area contributed by atoms with Gasteiger partial charge in [-0.25, -0.2) is 4.98 Å². The van der Waals surface area contributed by atoms with Gasteiger partial charge in [0, 0.05) is 24.5 Å². The molecular weight excluding hydrogens is 194 g/mol. The van der Waals surface area contributed by atoms with Gasteiger partial charge in [-0.1, -0.05) is 6.92 Å². The van der Waals surface area contributed by atoms with Crippen molar-refractivity contribution in [2.24, 2.45) is 5.73 Å². The number of hydrogen-bond acceptors (Lipinski definition) is 4. The van der Waals surface area contributed by atoms with E-state index in [1.54, 1.807) is 11.3 Å². The third-order valence-electron chi connectivity index (χ3n) is 2.51. The van der Waals surface area contributed by atoms with Gasteiger partial charge in [0.25, 0.3) is 0 Å². The minimum Gasteiger partial charge on any atom is -0.344 e. The number of rotatable bonds is 5. The number of nitrogens with two attached hydrogens (primary N) is 1. The van der Waals surface area contributed by atoms with Crippen molar-refractivity contribution in [3.8, 4) is 0 Å². The third kappa shape index (κ3) is 2.07. The van der Waals surface area contributed by atoms with Crippen LogP contribution in [0.3, 0.4) is 0 Å². The fourth-order valence-electron chi connectivity index (χ4n) is 1.55. The summed E-state index contributed by atoms with van der Waals surface area (Å²) in [5.41, 5.74) is 6.81. The molecule has 0 spiro atoms. The fraction of sp³-hybridized carbons (Fsp3) is 0.700. The van der Waals surface area contributed by atoms with E-state index in [0.29, 0.717) is 0 Å². The Morgan fingerprint density at radius 2 is 2.43 bits per heavy atom. The molecule has 0 unspecified atom stereocenters. The highest BCUT2D eigenvalue weighted by Crippen LogP contribution is 2.33. The highest BCUT2D eigenvalue weighted by Gasteiger charge is 2.30. The fourth-order valence-corrected chi connectivity index (χ4v) is 2.56. The number of thiazole rings is 1. The van der Waals surface area contributed by atoms with E-state index >= 15 is 0 Å². The maximum atomic E-state index is 5.61. The Morgan fingerprint density at radius 3 is 2.93 bits per heavy atom. The lowest BCUT2D eigenvalue weighted by Crippen LogP contribution is -2.31. The lowest BCUT2D eigenvalue weighted by atomic mass is 10.4. The Bertz CT molecular complexity index is 293. The van der Waals surface area contributed by atoms with E-state index in [4.69, 9.17) is 5.73 Å². The Labute approximate surface area is 88.9 Å². The standard InChI is InChI=1S/C10H17N3S/c1-2-8-7-14-10(12-8)13(6-5-11)9-3-4-9/h7,9H,2-6,11H2,1H3. The Morgan fingerprint density at radius 1 is 1.64 bits per heavy atom. The van der Waals surface area contributed by atoms with Gasteiger partial charge < -0.3 is 10.6 Å². The molecule has 4 heteroatoms. The van der Waals surface area contributed by atoms with Crippen LogP contribution in [0, 0.1) is 0 Å². The highest BCUT2D eigenvalue weighted by molar-refractivity contribution is 7.13. The first-order valence-electron chi connectivity index (χ1n) is 5.26. The summed E-state index contributed by atoms with van der Waals surface area (Å²) in [6, 6.07) is 0.717. The first-order chi connectivity index (χ1) is 6.85. The summed E-state index contributed by atoms with van der Waals surface area (Å²) >= 11 is 1.75. The molecular formula is C10H17N3S. The molecule has 1 saturated carbocycles. The predicted octanol–water partition coefficient (Wildman–Crippen LogP) is 1.63. The summed E-state index contributed by atoms with van der Waals surface area (Å²) in [5.74, 6) is 0. The summed E-state index contributed by atoms with van der Waals surface area (Å²) in [7, 11) is 0. The molecule has 0 amide bonds. The van der Waals surface area contributed by atoms with Gasteiger partial charge in [-0.2, -0.15) is 0 Å². The zero-order valence-corrected chi connectivity index (χ0v) is 9.39. The normalized spacial score (nSPS) is 15.9. The minimum atomic E-state index is 0.717. The molecule has 0 saturated heterocycles. The second-order valence-corrected chi connectivity index (χ2v) is 4.52. The van der Waals surface area contributed by atoms with Crippen molar-refractivity contribution >= 4 is 16.5 Å². The van der Waals surface area contributed by atoms with Crippen LogP contribution in [-0.2, 0) is 6.42 Å². The van der Waals surface area contributed by atoms with Gasteiger partial charge in [-0.3, -0.25) is 0 Å². The van der Waals surface area contributed by atoms with Gasteiger partial charge in [0.2, 0.25) is 0 Å². The number of nitrogens with zero attached hydrogens (tertiary/aromatic N) is 2. The molecule has 1 heterocycles. The van der Waals surface area contributed by atoms with E-state index in [1.165, 1.54) is 18.5 Å². The van der Waals surface area contributed by atoms with E-state index in [2.05, 4.69) is 22.2 Å². The second-order valence-electron chi connectivity index (χ2n) is 3.69. The second kappa shape index (κ2) is 4.28. The zero-order chi connectivity index (χ0) is 9.97. The highest BCUT2D eigenvalue weighted by atomic mass is 32.1. The van der Waals surface area contributed by atoms with Crippen LogP contribution in [0.25, 0.3) is 0 Å². The van der Waals surface area contributed by atoms with Crippen molar-refractivity contribution in [1.29, 1.82) is 0 Å². The van der Waals surface area contributed by atoms with Gasteiger partial charge >= 0.3 is 0 Å². The molecule has 14 heavy (non-hydrogen) atoms. The molecule has 0 bridgehead atoms. The average Bonchev–Trinajstić information content (AvgIpc) is 2.92. The molecule has 3 nitrogen and oxygen atoms in total. The molecule has 1 aromatic rings. The van der Waals surface area contributed by atoms with Crippen LogP contribution in [-0.4, -0.2) is 24.1 Å². The first-order valence-corrected chi connectivity index (χ1v) is 6.14. The smallest absolute Gasteiger partial charge is 0.185 e. The van der Waals surface area contributed by atoms with Crippen molar-refractivity contribution in [2.45, 2.75) is 32.2 Å². The van der Waals surface area contributed by atoms with Gasteiger partial charge in [0.05, 0.1) is 5.69 Å². The maximum Gasteiger partial charge on any atom is 0.185 e. The Hall–Kier alpha value is -0.610. The Kier molecular flexibility index (Phi) is 3.03. The van der Waals surface area contributed by atoms with E-state index in [9.17, 15) is 0 Å². The van der Waals surface area contributed by atoms with Crippen molar-refractivity contribution in [1.82, 2.24) is 4.98 Å². The van der Waals surface area contributed by atoms with Crippen molar-refractivity contribution < 1.29 is 0 Å². The van der Waals surface area contributed by atoms with Crippen LogP contribution in [0.5, 0.6) is 0 Å². The summed E-state index contributed by atoms with van der Waals surface area (Å²) in [6.07, 6.45) is 3.64. The molecule has 1 aromatic heterocycles. The number of hydrogen-bond donors (Lipinski definition) is 1.